The number of nitrogens with one attached hydrogen (secondary N) is 1. The van der Waals surface area contributed by atoms with Crippen LogP contribution in [0.1, 0.15) is 24.0 Å². The van der Waals surface area contributed by atoms with Gasteiger partial charge in [0.05, 0.1) is 0 Å². The average Bonchev–Trinajstić information content (AvgIpc) is 2.26. The van der Waals surface area contributed by atoms with E-state index in [1.54, 1.807) is 0 Å². The smallest absolute Gasteiger partial charge is 0.0236 e. The highest BCUT2D eigenvalue weighted by Gasteiger charge is 2.14. The predicted octanol–water partition coefficient (Wildman–Crippen LogP) is 3.30. The van der Waals surface area contributed by atoms with Crippen LogP contribution in [0.4, 0.5) is 0 Å². The summed E-state index contributed by atoms with van der Waals surface area (Å²) >= 11 is 3.69. The molecule has 0 aromatic heterocycles. The molecular formula is C13H18BrN. The van der Waals surface area contributed by atoms with Gasteiger partial charge in [-0.15, -0.1) is 0 Å². The molecule has 1 fully saturated rings. The largest absolute Gasteiger partial charge is 0.316 e. The van der Waals surface area contributed by atoms with Crippen LogP contribution >= 0.6 is 15.9 Å². The van der Waals surface area contributed by atoms with Gasteiger partial charge in [0.15, 0.2) is 0 Å². The molecule has 0 amide bonds. The average molecular weight is 268 g/mol. The van der Waals surface area contributed by atoms with E-state index in [1.165, 1.54) is 48.0 Å². The fourth-order valence-electron chi connectivity index (χ4n) is 2.28. The fourth-order valence-corrected chi connectivity index (χ4v) is 2.70. The first-order valence-electron chi connectivity index (χ1n) is 5.72. The van der Waals surface area contributed by atoms with Crippen LogP contribution < -0.4 is 5.32 Å². The molecule has 1 aliphatic heterocycles. The monoisotopic (exact) mass is 267 g/mol. The van der Waals surface area contributed by atoms with E-state index in [2.05, 4.69) is 46.4 Å². The van der Waals surface area contributed by atoms with Crippen LogP contribution in [0.3, 0.4) is 0 Å². The number of aryl methyl sites for hydroxylation is 1. The summed E-state index contributed by atoms with van der Waals surface area (Å²) in [6.07, 6.45) is 3.90. The third-order valence-electron chi connectivity index (χ3n) is 3.18. The molecule has 82 valence electrons. The molecular weight excluding hydrogens is 250 g/mol. The van der Waals surface area contributed by atoms with E-state index in [4.69, 9.17) is 0 Å². The summed E-state index contributed by atoms with van der Waals surface area (Å²) in [5.41, 5.74) is 2.81. The summed E-state index contributed by atoms with van der Waals surface area (Å²) in [6.45, 7) is 4.54. The van der Waals surface area contributed by atoms with Crippen molar-refractivity contribution in [1.82, 2.24) is 5.32 Å². The van der Waals surface area contributed by atoms with E-state index in [0.29, 0.717) is 0 Å². The van der Waals surface area contributed by atoms with Crippen molar-refractivity contribution in [2.24, 2.45) is 5.92 Å². The third-order valence-corrected chi connectivity index (χ3v) is 4.31. The molecule has 0 spiro atoms. The van der Waals surface area contributed by atoms with E-state index in [1.807, 2.05) is 0 Å². The van der Waals surface area contributed by atoms with Crippen LogP contribution in [0.15, 0.2) is 22.7 Å². The highest BCUT2D eigenvalue weighted by atomic mass is 79.9. The Morgan fingerprint density at radius 3 is 3.07 bits per heavy atom. The lowest BCUT2D eigenvalue weighted by Crippen LogP contribution is -2.30. The van der Waals surface area contributed by atoms with Gasteiger partial charge >= 0.3 is 0 Å². The van der Waals surface area contributed by atoms with E-state index in [0.717, 1.165) is 5.92 Å². The molecule has 1 heterocycles. The predicted molar refractivity (Wildman–Crippen MR) is 68.2 cm³/mol. The lowest BCUT2D eigenvalue weighted by molar-refractivity contribution is 0.375. The Labute approximate surface area is 100 Å². The molecule has 1 saturated heterocycles. The highest BCUT2D eigenvalue weighted by Crippen LogP contribution is 2.25. The van der Waals surface area contributed by atoms with Gasteiger partial charge in [-0.1, -0.05) is 34.1 Å². The normalized spacial score (nSPS) is 21.6. The number of piperidine rings is 1. The van der Waals surface area contributed by atoms with Crippen molar-refractivity contribution < 1.29 is 0 Å². The summed E-state index contributed by atoms with van der Waals surface area (Å²) in [4.78, 5) is 0. The van der Waals surface area contributed by atoms with Crippen molar-refractivity contribution in [1.29, 1.82) is 0 Å². The van der Waals surface area contributed by atoms with E-state index in [9.17, 15) is 0 Å². The van der Waals surface area contributed by atoms with Gasteiger partial charge in [0.1, 0.15) is 0 Å². The Bertz CT molecular complexity index is 329. The van der Waals surface area contributed by atoms with Gasteiger partial charge < -0.3 is 5.32 Å². The molecule has 1 nitrogen and oxygen atoms in total. The van der Waals surface area contributed by atoms with E-state index < -0.39 is 0 Å². The summed E-state index contributed by atoms with van der Waals surface area (Å²) in [5.74, 6) is 0.817. The topological polar surface area (TPSA) is 12.0 Å². The van der Waals surface area contributed by atoms with Crippen LogP contribution in [-0.2, 0) is 6.42 Å². The van der Waals surface area contributed by atoms with Crippen molar-refractivity contribution in [2.75, 3.05) is 13.1 Å². The van der Waals surface area contributed by atoms with Crippen molar-refractivity contribution >= 4 is 15.9 Å². The standard InChI is InChI=1S/C13H18BrN/c1-10-4-2-6-12(13(10)14)8-11-5-3-7-15-9-11/h2,4,6,11,15H,3,5,7-9H2,1H3. The zero-order valence-electron chi connectivity index (χ0n) is 9.22. The van der Waals surface area contributed by atoms with Crippen LogP contribution in [0.2, 0.25) is 0 Å². The van der Waals surface area contributed by atoms with Gasteiger partial charge in [0.25, 0.3) is 0 Å². The van der Waals surface area contributed by atoms with Crippen LogP contribution in [0.25, 0.3) is 0 Å². The second kappa shape index (κ2) is 5.13. The van der Waals surface area contributed by atoms with Gasteiger partial charge in [-0.3, -0.25) is 0 Å². The first kappa shape index (κ1) is 11.2. The number of halogens is 1. The first-order chi connectivity index (χ1) is 7.27. The molecule has 1 aliphatic rings. The van der Waals surface area contributed by atoms with E-state index >= 15 is 0 Å². The fraction of sp³-hybridized carbons (Fsp3) is 0.538. The minimum absolute atomic E-state index is 0.817. The van der Waals surface area contributed by atoms with E-state index in [-0.39, 0.29) is 0 Å². The maximum atomic E-state index is 3.69. The third kappa shape index (κ3) is 2.82. The summed E-state index contributed by atoms with van der Waals surface area (Å²) in [5, 5.41) is 3.47. The van der Waals surface area contributed by atoms with Crippen molar-refractivity contribution in [3.63, 3.8) is 0 Å². The zero-order valence-corrected chi connectivity index (χ0v) is 10.8. The minimum atomic E-state index is 0.817. The molecule has 0 bridgehead atoms. The lowest BCUT2D eigenvalue weighted by Gasteiger charge is -2.23. The number of benzene rings is 1. The molecule has 2 heteroatoms. The SMILES string of the molecule is Cc1cccc(CC2CCCNC2)c1Br. The number of hydrogen-bond donors (Lipinski definition) is 1. The first-order valence-corrected chi connectivity index (χ1v) is 6.51. The van der Waals surface area contributed by atoms with Gasteiger partial charge in [0.2, 0.25) is 0 Å². The molecule has 1 aromatic rings. The Morgan fingerprint density at radius 2 is 2.33 bits per heavy atom. The summed E-state index contributed by atoms with van der Waals surface area (Å²) < 4.78 is 1.30. The number of rotatable bonds is 2. The Morgan fingerprint density at radius 1 is 1.47 bits per heavy atom. The van der Waals surface area contributed by atoms with Gasteiger partial charge in [-0.2, -0.15) is 0 Å². The van der Waals surface area contributed by atoms with Gasteiger partial charge in [0, 0.05) is 4.47 Å². The van der Waals surface area contributed by atoms with Crippen molar-refractivity contribution in [2.45, 2.75) is 26.2 Å². The molecule has 2 rings (SSSR count). The maximum absolute atomic E-state index is 3.69. The number of hydrogen-bond acceptors (Lipinski definition) is 1. The Balaban J connectivity index is 2.06. The minimum Gasteiger partial charge on any atom is -0.316 e. The van der Waals surface area contributed by atoms with Gasteiger partial charge in [-0.25, -0.2) is 0 Å². The highest BCUT2D eigenvalue weighted by molar-refractivity contribution is 9.10. The molecule has 1 N–H and O–H groups in total. The second-order valence-electron chi connectivity index (χ2n) is 4.46. The maximum Gasteiger partial charge on any atom is 0.0236 e. The Kier molecular flexibility index (Phi) is 3.81. The molecule has 1 atom stereocenters. The quantitative estimate of drug-likeness (QED) is 0.867. The van der Waals surface area contributed by atoms with Crippen LogP contribution in [0.5, 0.6) is 0 Å². The lowest BCUT2D eigenvalue weighted by atomic mass is 9.92. The summed E-state index contributed by atoms with van der Waals surface area (Å²) in [7, 11) is 0. The van der Waals surface area contributed by atoms with Crippen molar-refractivity contribution in [3.05, 3.63) is 33.8 Å². The second-order valence-corrected chi connectivity index (χ2v) is 5.26. The molecule has 0 radical (unpaired) electrons. The molecule has 0 aliphatic carbocycles. The molecule has 15 heavy (non-hydrogen) atoms. The Hall–Kier alpha value is -0.340. The van der Waals surface area contributed by atoms with Gasteiger partial charge in [-0.05, 0) is 56.3 Å². The molecule has 1 unspecified atom stereocenters. The molecule has 1 aromatic carbocycles. The van der Waals surface area contributed by atoms with Crippen LogP contribution in [-0.4, -0.2) is 13.1 Å². The zero-order chi connectivity index (χ0) is 10.7. The van der Waals surface area contributed by atoms with Crippen molar-refractivity contribution in [3.8, 4) is 0 Å². The summed E-state index contributed by atoms with van der Waals surface area (Å²) in [6, 6.07) is 6.56. The van der Waals surface area contributed by atoms with Crippen LogP contribution in [0, 0.1) is 12.8 Å². The molecule has 0 saturated carbocycles.